The van der Waals surface area contributed by atoms with Crippen LogP contribution in [0.1, 0.15) is 38.1 Å². The maximum Gasteiger partial charge on any atom is 0.150 e. The summed E-state index contributed by atoms with van der Waals surface area (Å²) in [5.41, 5.74) is 10.9. The fourth-order valence-electron chi connectivity index (χ4n) is 2.51. The zero-order valence-corrected chi connectivity index (χ0v) is 13.7. The molecular formula is C15H19BrF2N4. The zero-order chi connectivity index (χ0) is 16.1. The highest BCUT2D eigenvalue weighted by Crippen LogP contribution is 2.28. The second-order valence-corrected chi connectivity index (χ2v) is 6.13. The number of aromatic nitrogens is 2. The summed E-state index contributed by atoms with van der Waals surface area (Å²) in [4.78, 5) is 0. The van der Waals surface area contributed by atoms with Crippen LogP contribution < -0.4 is 11.5 Å². The summed E-state index contributed by atoms with van der Waals surface area (Å²) in [5.74, 6) is -0.577. The van der Waals surface area contributed by atoms with Crippen LogP contribution in [0.2, 0.25) is 0 Å². The number of hydrogen-bond donors (Lipinski definition) is 2. The van der Waals surface area contributed by atoms with E-state index >= 15 is 0 Å². The van der Waals surface area contributed by atoms with Crippen LogP contribution in [0.4, 0.5) is 20.3 Å². The number of hydrogen-bond acceptors (Lipinski definition) is 3. The predicted octanol–water partition coefficient (Wildman–Crippen LogP) is 4.28. The van der Waals surface area contributed by atoms with E-state index in [-0.39, 0.29) is 10.2 Å². The van der Waals surface area contributed by atoms with Crippen molar-refractivity contribution >= 4 is 27.4 Å². The second kappa shape index (κ2) is 7.58. The lowest BCUT2D eigenvalue weighted by molar-refractivity contribution is 0.333. The smallest absolute Gasteiger partial charge is 0.150 e. The third kappa shape index (κ3) is 4.19. The summed E-state index contributed by atoms with van der Waals surface area (Å²) in [6.45, 7) is 0. The lowest BCUT2D eigenvalue weighted by atomic mass is 9.96. The molecule has 1 aromatic heterocycles. The summed E-state index contributed by atoms with van der Waals surface area (Å²) in [5, 5.41) is 4.23. The number of halogens is 3. The molecule has 0 saturated heterocycles. The minimum absolute atomic E-state index is 0.0681. The maximum absolute atomic E-state index is 12.4. The highest BCUT2D eigenvalue weighted by molar-refractivity contribution is 9.10. The SMILES string of the molecule is Nc1c(F)cc(F)cc1Br.Nc1ccnn1C1CCCCC1. The van der Waals surface area contributed by atoms with E-state index in [9.17, 15) is 8.78 Å². The lowest BCUT2D eigenvalue weighted by Gasteiger charge is -2.22. The molecule has 3 rings (SSSR count). The minimum Gasteiger partial charge on any atom is -0.395 e. The average Bonchev–Trinajstić information content (AvgIpc) is 2.92. The molecule has 1 saturated carbocycles. The van der Waals surface area contributed by atoms with Crippen molar-refractivity contribution in [1.29, 1.82) is 0 Å². The van der Waals surface area contributed by atoms with E-state index in [4.69, 9.17) is 11.5 Å². The van der Waals surface area contributed by atoms with Crippen LogP contribution >= 0.6 is 15.9 Å². The molecule has 1 aromatic carbocycles. The van der Waals surface area contributed by atoms with Gasteiger partial charge in [0.2, 0.25) is 0 Å². The van der Waals surface area contributed by atoms with Gasteiger partial charge in [0.05, 0.1) is 17.9 Å². The van der Waals surface area contributed by atoms with Gasteiger partial charge < -0.3 is 11.5 Å². The van der Waals surface area contributed by atoms with Crippen molar-refractivity contribution in [1.82, 2.24) is 9.78 Å². The van der Waals surface area contributed by atoms with Crippen molar-refractivity contribution in [2.75, 3.05) is 11.5 Å². The van der Waals surface area contributed by atoms with E-state index in [1.165, 1.54) is 32.1 Å². The van der Waals surface area contributed by atoms with Crippen LogP contribution in [-0.4, -0.2) is 9.78 Å². The van der Waals surface area contributed by atoms with Gasteiger partial charge in [-0.25, -0.2) is 13.5 Å². The van der Waals surface area contributed by atoms with Gasteiger partial charge in [-0.3, -0.25) is 0 Å². The fourth-order valence-corrected chi connectivity index (χ4v) is 2.92. The molecule has 2 aromatic rings. The van der Waals surface area contributed by atoms with Crippen molar-refractivity contribution in [3.05, 3.63) is 40.5 Å². The van der Waals surface area contributed by atoms with E-state index in [0.29, 0.717) is 6.04 Å². The first-order valence-corrected chi connectivity index (χ1v) is 7.97. The van der Waals surface area contributed by atoms with E-state index in [1.54, 1.807) is 6.20 Å². The Morgan fingerprint density at radius 3 is 2.36 bits per heavy atom. The largest absolute Gasteiger partial charge is 0.395 e. The number of anilines is 2. The van der Waals surface area contributed by atoms with Crippen LogP contribution in [0.5, 0.6) is 0 Å². The Bertz CT molecular complexity index is 601. The molecular weight excluding hydrogens is 354 g/mol. The van der Waals surface area contributed by atoms with Crippen molar-refractivity contribution in [3.8, 4) is 0 Å². The number of nitrogens with two attached hydrogens (primary N) is 2. The Morgan fingerprint density at radius 2 is 1.82 bits per heavy atom. The molecule has 1 fully saturated rings. The van der Waals surface area contributed by atoms with Gasteiger partial charge >= 0.3 is 0 Å². The molecule has 0 bridgehead atoms. The van der Waals surface area contributed by atoms with Crippen molar-refractivity contribution in [3.63, 3.8) is 0 Å². The highest BCUT2D eigenvalue weighted by atomic mass is 79.9. The van der Waals surface area contributed by atoms with Gasteiger partial charge in [0.15, 0.2) is 0 Å². The molecule has 1 aliphatic rings. The second-order valence-electron chi connectivity index (χ2n) is 5.28. The third-order valence-corrected chi connectivity index (χ3v) is 4.32. The van der Waals surface area contributed by atoms with Gasteiger partial charge in [-0.1, -0.05) is 19.3 Å². The van der Waals surface area contributed by atoms with Gasteiger partial charge in [-0.05, 0) is 40.9 Å². The fraction of sp³-hybridized carbons (Fsp3) is 0.400. The molecule has 0 spiro atoms. The third-order valence-electron chi connectivity index (χ3n) is 3.67. The molecule has 0 aliphatic heterocycles. The Hall–Kier alpha value is -1.63. The molecule has 0 amide bonds. The van der Waals surface area contributed by atoms with Gasteiger partial charge in [0.1, 0.15) is 17.5 Å². The Morgan fingerprint density at radius 1 is 1.14 bits per heavy atom. The lowest BCUT2D eigenvalue weighted by Crippen LogP contribution is -2.15. The van der Waals surface area contributed by atoms with Crippen molar-refractivity contribution < 1.29 is 8.78 Å². The minimum atomic E-state index is -0.744. The van der Waals surface area contributed by atoms with Crippen LogP contribution in [0.15, 0.2) is 28.9 Å². The number of rotatable bonds is 1. The Kier molecular flexibility index (Phi) is 5.76. The first-order chi connectivity index (χ1) is 10.5. The van der Waals surface area contributed by atoms with Gasteiger partial charge in [0, 0.05) is 10.5 Å². The molecule has 1 heterocycles. The molecule has 0 atom stereocenters. The van der Waals surface area contributed by atoms with Crippen molar-refractivity contribution in [2.24, 2.45) is 0 Å². The van der Waals surface area contributed by atoms with Gasteiger partial charge in [-0.2, -0.15) is 5.10 Å². The molecule has 22 heavy (non-hydrogen) atoms. The van der Waals surface area contributed by atoms with Gasteiger partial charge in [-0.15, -0.1) is 0 Å². The first kappa shape index (κ1) is 16.7. The van der Waals surface area contributed by atoms with Crippen molar-refractivity contribution in [2.45, 2.75) is 38.1 Å². The number of nitrogen functional groups attached to an aromatic ring is 2. The van der Waals surface area contributed by atoms with E-state index in [2.05, 4.69) is 21.0 Å². The summed E-state index contributed by atoms with van der Waals surface area (Å²) in [6.07, 6.45) is 8.29. The molecule has 120 valence electrons. The summed E-state index contributed by atoms with van der Waals surface area (Å²) < 4.78 is 26.9. The van der Waals surface area contributed by atoms with Crippen LogP contribution in [0.3, 0.4) is 0 Å². The summed E-state index contributed by atoms with van der Waals surface area (Å²) >= 11 is 2.89. The van der Waals surface area contributed by atoms with Crippen LogP contribution in [0, 0.1) is 11.6 Å². The molecule has 4 N–H and O–H groups in total. The summed E-state index contributed by atoms with van der Waals surface area (Å²) in [6, 6.07) is 4.28. The highest BCUT2D eigenvalue weighted by Gasteiger charge is 2.16. The monoisotopic (exact) mass is 372 g/mol. The molecule has 0 radical (unpaired) electrons. The van der Waals surface area contributed by atoms with Crippen LogP contribution in [0.25, 0.3) is 0 Å². The molecule has 1 aliphatic carbocycles. The Labute approximate surface area is 136 Å². The zero-order valence-electron chi connectivity index (χ0n) is 12.1. The van der Waals surface area contributed by atoms with Gasteiger partial charge in [0.25, 0.3) is 0 Å². The maximum atomic E-state index is 12.4. The summed E-state index contributed by atoms with van der Waals surface area (Å²) in [7, 11) is 0. The number of nitrogens with zero attached hydrogens (tertiary/aromatic N) is 2. The normalized spacial score (nSPS) is 15.2. The van der Waals surface area contributed by atoms with E-state index < -0.39 is 11.6 Å². The number of benzene rings is 1. The predicted molar refractivity (Wildman–Crippen MR) is 87.2 cm³/mol. The van der Waals surface area contributed by atoms with E-state index in [0.717, 1.165) is 18.0 Å². The quantitative estimate of drug-likeness (QED) is 0.733. The first-order valence-electron chi connectivity index (χ1n) is 7.18. The average molecular weight is 373 g/mol. The standard InChI is InChI=1S/C9H15N3.C6H4BrF2N/c10-9-6-7-11-12(9)8-4-2-1-3-5-8;7-4-1-3(8)2-5(9)6(4)10/h6-8H,1-5,10H2;1-2H,10H2. The molecule has 0 unspecified atom stereocenters. The topological polar surface area (TPSA) is 69.9 Å². The van der Waals surface area contributed by atoms with E-state index in [1.807, 2.05) is 10.7 Å². The van der Waals surface area contributed by atoms with Crippen LogP contribution in [-0.2, 0) is 0 Å². The molecule has 4 nitrogen and oxygen atoms in total. The molecule has 7 heteroatoms. The Balaban J connectivity index is 0.000000164.